The molecule has 0 spiro atoms. The largest absolute Gasteiger partial charge is 0.755 e. The van der Waals surface area contributed by atoms with Gasteiger partial charge in [0.1, 0.15) is 0 Å². The van der Waals surface area contributed by atoms with Crippen LogP contribution in [0.4, 0.5) is 0 Å². The smallest absolute Gasteiger partial charge is 0.347 e. The summed E-state index contributed by atoms with van der Waals surface area (Å²) in [5.74, 6) is -0.560. The van der Waals surface area contributed by atoms with Crippen molar-refractivity contribution in [3.8, 4) is 12.3 Å². The molecule has 0 aliphatic carbocycles. The molecule has 0 aliphatic heterocycles. The monoisotopic (exact) mass is 256 g/mol. The molecule has 0 aliphatic rings. The van der Waals surface area contributed by atoms with Crippen LogP contribution in [0, 0.1) is 17.6 Å². The number of hydrogen-bond donors (Lipinski definition) is 0. The number of terminal acetylenes is 1. The summed E-state index contributed by atoms with van der Waals surface area (Å²) < 4.78 is 9.22. The highest BCUT2D eigenvalue weighted by molar-refractivity contribution is 5.85. The zero-order chi connectivity index (χ0) is 14.3. The molecule has 0 aromatic heterocycles. The molecule has 1 amide bonds. The first-order valence-corrected chi connectivity index (χ1v) is 5.09. The zero-order valence-electron chi connectivity index (χ0n) is 10.3. The Hall–Kier alpha value is -2.07. The normalized spacial score (nSPS) is 12.8. The van der Waals surface area contributed by atoms with E-state index < -0.39 is 36.6 Å². The van der Waals surface area contributed by atoms with Gasteiger partial charge in [-0.15, -0.1) is 6.42 Å². The number of amides is 1. The molecule has 0 N–H and O–H groups in total. The fourth-order valence-electron chi connectivity index (χ4n) is 0.981. The molecule has 7 heteroatoms. The first-order valence-electron chi connectivity index (χ1n) is 5.09. The lowest BCUT2D eigenvalue weighted by atomic mass is 10.3. The predicted octanol–water partition coefficient (Wildman–Crippen LogP) is -0.171. The van der Waals surface area contributed by atoms with Gasteiger partial charge in [-0.25, -0.2) is 4.79 Å². The average Bonchev–Trinajstić information content (AvgIpc) is 2.27. The topological polar surface area (TPSA) is 96.0 Å². The highest BCUT2D eigenvalue weighted by atomic mass is 16.6. The van der Waals surface area contributed by atoms with Gasteiger partial charge in [0.25, 0.3) is 5.91 Å². The van der Waals surface area contributed by atoms with E-state index in [1.165, 1.54) is 13.8 Å². The number of esters is 2. The molecule has 18 heavy (non-hydrogen) atoms. The second kappa shape index (κ2) is 7.29. The lowest BCUT2D eigenvalue weighted by Gasteiger charge is -2.28. The molecular formula is C11H14NO6-. The van der Waals surface area contributed by atoms with E-state index in [1.54, 1.807) is 0 Å². The van der Waals surface area contributed by atoms with Crippen molar-refractivity contribution in [2.75, 3.05) is 6.54 Å². The minimum atomic E-state index is -1.29. The first-order chi connectivity index (χ1) is 8.29. The minimum Gasteiger partial charge on any atom is -0.755 e. The van der Waals surface area contributed by atoms with Crippen LogP contribution in [-0.2, 0) is 23.9 Å². The molecular weight excluding hydrogens is 242 g/mol. The van der Waals surface area contributed by atoms with Gasteiger partial charge in [0.15, 0.2) is 12.2 Å². The minimum absolute atomic E-state index is 0.00838. The van der Waals surface area contributed by atoms with E-state index in [9.17, 15) is 19.6 Å². The van der Waals surface area contributed by atoms with Crippen LogP contribution in [-0.4, -0.2) is 41.7 Å². The number of rotatable bonds is 5. The Bertz CT molecular complexity index is 372. The Morgan fingerprint density at radius 1 is 1.28 bits per heavy atom. The Morgan fingerprint density at radius 2 is 1.83 bits per heavy atom. The summed E-state index contributed by atoms with van der Waals surface area (Å²) in [6, 6.07) is 0. The average molecular weight is 256 g/mol. The quantitative estimate of drug-likeness (QED) is 0.385. The molecule has 7 nitrogen and oxygen atoms in total. The van der Waals surface area contributed by atoms with Gasteiger partial charge in [-0.05, 0) is 13.8 Å². The third kappa shape index (κ3) is 5.32. The molecule has 0 saturated heterocycles. The van der Waals surface area contributed by atoms with Crippen LogP contribution in [0.25, 0.3) is 0 Å². The summed E-state index contributed by atoms with van der Waals surface area (Å²) in [5.41, 5.74) is 0. The Balaban J connectivity index is 4.35. The van der Waals surface area contributed by atoms with Gasteiger partial charge in [0.05, 0.1) is 6.54 Å². The molecule has 0 heterocycles. The third-order valence-corrected chi connectivity index (χ3v) is 1.80. The van der Waals surface area contributed by atoms with Gasteiger partial charge in [-0.1, -0.05) is 5.92 Å². The van der Waals surface area contributed by atoms with Crippen LogP contribution in [0.1, 0.15) is 20.8 Å². The maximum atomic E-state index is 11.4. The van der Waals surface area contributed by atoms with Gasteiger partial charge >= 0.3 is 11.9 Å². The fraction of sp³-hybridized carbons (Fsp3) is 0.545. The Kier molecular flexibility index (Phi) is 6.45. The van der Waals surface area contributed by atoms with Crippen LogP contribution in [0.5, 0.6) is 0 Å². The summed E-state index contributed by atoms with van der Waals surface area (Å²) in [5, 5.41) is 11.1. The van der Waals surface area contributed by atoms with Crippen LogP contribution >= 0.6 is 0 Å². The van der Waals surface area contributed by atoms with Gasteiger partial charge in [0, 0.05) is 6.92 Å². The number of carbonyl (C=O) groups is 3. The van der Waals surface area contributed by atoms with Crippen LogP contribution in [0.3, 0.4) is 0 Å². The SMILES string of the molecule is C#CCN([O-])C(=O)C(C)OC(=O)C(C)OC(C)=O. The third-order valence-electron chi connectivity index (χ3n) is 1.80. The van der Waals surface area contributed by atoms with Gasteiger partial charge in [-0.3, -0.25) is 9.59 Å². The first kappa shape index (κ1) is 15.9. The highest BCUT2D eigenvalue weighted by Gasteiger charge is 2.24. The molecule has 0 radical (unpaired) electrons. The van der Waals surface area contributed by atoms with E-state index in [2.05, 4.69) is 9.47 Å². The predicted molar refractivity (Wildman–Crippen MR) is 60.7 cm³/mol. The van der Waals surface area contributed by atoms with Gasteiger partial charge < -0.3 is 19.7 Å². The highest BCUT2D eigenvalue weighted by Crippen LogP contribution is 2.03. The van der Waals surface area contributed by atoms with Crippen molar-refractivity contribution in [1.82, 2.24) is 5.06 Å². The van der Waals surface area contributed by atoms with Crippen LogP contribution < -0.4 is 0 Å². The van der Waals surface area contributed by atoms with Crippen molar-refractivity contribution in [3.63, 3.8) is 0 Å². The summed E-state index contributed by atoms with van der Waals surface area (Å²) in [7, 11) is 0. The van der Waals surface area contributed by atoms with Crippen molar-refractivity contribution >= 4 is 17.8 Å². The summed E-state index contributed by atoms with van der Waals surface area (Å²) >= 11 is 0. The number of hydrogen-bond acceptors (Lipinski definition) is 6. The lowest BCUT2D eigenvalue weighted by Crippen LogP contribution is -2.38. The second-order valence-corrected chi connectivity index (χ2v) is 3.41. The number of carbonyl (C=O) groups excluding carboxylic acids is 3. The second-order valence-electron chi connectivity index (χ2n) is 3.41. The molecule has 0 saturated carbocycles. The van der Waals surface area contributed by atoms with E-state index in [4.69, 9.17) is 6.42 Å². The summed E-state index contributed by atoms with van der Waals surface area (Å²) in [6.45, 7) is 3.21. The molecule has 0 aromatic rings. The molecule has 0 fully saturated rings. The number of ether oxygens (including phenoxy) is 2. The van der Waals surface area contributed by atoms with E-state index in [0.717, 1.165) is 6.92 Å². The van der Waals surface area contributed by atoms with Crippen molar-refractivity contribution in [1.29, 1.82) is 0 Å². The standard InChI is InChI=1S/C11H14NO6/c1-5-6-12(16)10(14)7(2)18-11(15)8(3)17-9(4)13/h1,7-8H,6H2,2-4H3/q-1. The molecule has 2 atom stereocenters. The van der Waals surface area contributed by atoms with Gasteiger partial charge in [0.2, 0.25) is 0 Å². The summed E-state index contributed by atoms with van der Waals surface area (Å²) in [4.78, 5) is 33.3. The van der Waals surface area contributed by atoms with Crippen LogP contribution in [0.2, 0.25) is 0 Å². The zero-order valence-corrected chi connectivity index (χ0v) is 10.3. The van der Waals surface area contributed by atoms with E-state index in [-0.39, 0.29) is 5.06 Å². The fourth-order valence-corrected chi connectivity index (χ4v) is 0.981. The van der Waals surface area contributed by atoms with Crippen molar-refractivity contribution in [2.24, 2.45) is 0 Å². The van der Waals surface area contributed by atoms with Gasteiger partial charge in [-0.2, -0.15) is 0 Å². The molecule has 0 rings (SSSR count). The van der Waals surface area contributed by atoms with Crippen molar-refractivity contribution in [3.05, 3.63) is 5.21 Å². The Labute approximate surface area is 105 Å². The van der Waals surface area contributed by atoms with Crippen LogP contribution in [0.15, 0.2) is 0 Å². The van der Waals surface area contributed by atoms with Crippen molar-refractivity contribution in [2.45, 2.75) is 33.0 Å². The van der Waals surface area contributed by atoms with E-state index in [0.29, 0.717) is 0 Å². The maximum Gasteiger partial charge on any atom is 0.347 e. The number of nitrogens with zero attached hydrogens (tertiary/aromatic N) is 1. The lowest BCUT2D eigenvalue weighted by molar-refractivity contribution is -0.171. The Morgan fingerprint density at radius 3 is 2.28 bits per heavy atom. The van der Waals surface area contributed by atoms with Crippen molar-refractivity contribution < 1.29 is 23.9 Å². The van der Waals surface area contributed by atoms with E-state index >= 15 is 0 Å². The molecule has 2 unspecified atom stereocenters. The summed E-state index contributed by atoms with van der Waals surface area (Å²) in [6.07, 6.45) is 2.42. The maximum absolute atomic E-state index is 11.4. The molecule has 100 valence electrons. The number of hydroxylamine groups is 2. The molecule has 0 bridgehead atoms. The van der Waals surface area contributed by atoms with E-state index in [1.807, 2.05) is 5.92 Å². The molecule has 0 aromatic carbocycles.